The number of hydrogen-bond donors (Lipinski definition) is 2. The average Bonchev–Trinajstić information content (AvgIpc) is 2.93. The van der Waals surface area contributed by atoms with Crippen molar-refractivity contribution in [2.75, 3.05) is 23.8 Å². The highest BCUT2D eigenvalue weighted by Gasteiger charge is 2.29. The highest BCUT2D eigenvalue weighted by molar-refractivity contribution is 6.33. The Bertz CT molecular complexity index is 1160. The number of carbonyl (C=O) groups is 2. The Morgan fingerprint density at radius 1 is 1.33 bits per heavy atom. The van der Waals surface area contributed by atoms with E-state index in [-0.39, 0.29) is 42.9 Å². The second-order valence-corrected chi connectivity index (χ2v) is 7.04. The zero-order valence-corrected chi connectivity index (χ0v) is 16.6. The van der Waals surface area contributed by atoms with Crippen LogP contribution in [0, 0.1) is 6.92 Å². The molecule has 0 spiro atoms. The number of aliphatic carboxylic acids is 1. The van der Waals surface area contributed by atoms with Gasteiger partial charge < -0.3 is 20.5 Å². The van der Waals surface area contributed by atoms with E-state index in [4.69, 9.17) is 27.2 Å². The monoisotopic (exact) mass is 428 g/mol. The van der Waals surface area contributed by atoms with E-state index in [2.05, 4.69) is 15.1 Å². The standard InChI is InChI=1S/C19H17ClN6O4/c1-10-13(7-25(24-10)8-15(27)28)12-3-2-11(6-14(12)20)26-4-5-30-18-16(19(26)29)17(21)22-9-23-18/h2-3,6-7,9H,4-5,8H2,1H3,(H,27,28)(H2,21,22,23). The minimum Gasteiger partial charge on any atom is -0.480 e. The first-order valence-corrected chi connectivity index (χ1v) is 9.34. The summed E-state index contributed by atoms with van der Waals surface area (Å²) in [5, 5.41) is 13.6. The molecule has 0 unspecified atom stereocenters. The number of carboxylic acid groups (broad SMARTS) is 1. The Labute approximate surface area is 175 Å². The number of nitrogens with zero attached hydrogens (tertiary/aromatic N) is 5. The normalized spacial score (nSPS) is 13.5. The first kappa shape index (κ1) is 19.6. The van der Waals surface area contributed by atoms with Gasteiger partial charge in [-0.1, -0.05) is 17.7 Å². The number of nitrogen functional groups attached to an aromatic ring is 1. The summed E-state index contributed by atoms with van der Waals surface area (Å²) in [5.41, 5.74) is 8.57. The fraction of sp³-hybridized carbons (Fsp3) is 0.211. The maximum atomic E-state index is 13.1. The Morgan fingerprint density at radius 2 is 2.13 bits per heavy atom. The molecule has 4 rings (SSSR count). The second-order valence-electron chi connectivity index (χ2n) is 6.63. The topological polar surface area (TPSA) is 136 Å². The van der Waals surface area contributed by atoms with E-state index in [9.17, 15) is 9.59 Å². The molecule has 0 aliphatic carbocycles. The van der Waals surface area contributed by atoms with E-state index in [0.29, 0.717) is 27.5 Å². The summed E-state index contributed by atoms with van der Waals surface area (Å²) in [6.07, 6.45) is 2.87. The molecule has 3 aromatic rings. The maximum Gasteiger partial charge on any atom is 0.325 e. The van der Waals surface area contributed by atoms with Crippen LogP contribution in [0.15, 0.2) is 30.7 Å². The minimum atomic E-state index is -0.990. The molecule has 154 valence electrons. The van der Waals surface area contributed by atoms with Gasteiger partial charge in [-0.25, -0.2) is 9.97 Å². The number of aryl methyl sites for hydroxylation is 1. The molecule has 1 aliphatic heterocycles. The predicted octanol–water partition coefficient (Wildman–Crippen LogP) is 2.01. The number of anilines is 2. The van der Waals surface area contributed by atoms with Gasteiger partial charge in [-0.3, -0.25) is 14.3 Å². The molecule has 0 fully saturated rings. The van der Waals surface area contributed by atoms with Gasteiger partial charge in [0.15, 0.2) is 0 Å². The lowest BCUT2D eigenvalue weighted by Gasteiger charge is -2.21. The number of benzene rings is 1. The third kappa shape index (κ3) is 3.52. The number of amides is 1. The molecule has 1 aromatic carbocycles. The molecule has 0 bridgehead atoms. The molecule has 30 heavy (non-hydrogen) atoms. The van der Waals surface area contributed by atoms with Gasteiger partial charge in [0.2, 0.25) is 5.88 Å². The van der Waals surface area contributed by atoms with Gasteiger partial charge in [-0.2, -0.15) is 5.10 Å². The van der Waals surface area contributed by atoms with Crippen molar-refractivity contribution in [1.29, 1.82) is 0 Å². The van der Waals surface area contributed by atoms with Gasteiger partial charge in [-0.15, -0.1) is 0 Å². The summed E-state index contributed by atoms with van der Waals surface area (Å²) in [6.45, 7) is 2.03. The van der Waals surface area contributed by atoms with Gasteiger partial charge in [-0.05, 0) is 19.1 Å². The van der Waals surface area contributed by atoms with E-state index >= 15 is 0 Å². The number of carbonyl (C=O) groups excluding carboxylic acids is 1. The first-order chi connectivity index (χ1) is 14.3. The number of hydrogen-bond acceptors (Lipinski definition) is 7. The fourth-order valence-electron chi connectivity index (χ4n) is 3.30. The van der Waals surface area contributed by atoms with Crippen LogP contribution < -0.4 is 15.4 Å². The van der Waals surface area contributed by atoms with Crippen LogP contribution in [0.25, 0.3) is 11.1 Å². The van der Waals surface area contributed by atoms with Crippen LogP contribution in [0.3, 0.4) is 0 Å². The number of fused-ring (bicyclic) bond motifs is 1. The highest BCUT2D eigenvalue weighted by atomic mass is 35.5. The van der Waals surface area contributed by atoms with Gasteiger partial charge in [0.05, 0.1) is 17.3 Å². The van der Waals surface area contributed by atoms with E-state index in [1.165, 1.54) is 15.9 Å². The van der Waals surface area contributed by atoms with Gasteiger partial charge in [0.25, 0.3) is 5.91 Å². The predicted molar refractivity (Wildman–Crippen MR) is 109 cm³/mol. The molecule has 0 saturated heterocycles. The summed E-state index contributed by atoms with van der Waals surface area (Å²) >= 11 is 6.52. The fourth-order valence-corrected chi connectivity index (χ4v) is 3.58. The first-order valence-electron chi connectivity index (χ1n) is 8.96. The lowest BCUT2D eigenvalue weighted by atomic mass is 10.1. The molecule has 0 saturated carbocycles. The quantitative estimate of drug-likeness (QED) is 0.643. The number of carboxylic acids is 1. The van der Waals surface area contributed by atoms with Crippen LogP contribution in [0.2, 0.25) is 5.02 Å². The second kappa shape index (κ2) is 7.64. The Kier molecular flexibility index (Phi) is 5.00. The van der Waals surface area contributed by atoms with E-state index in [1.54, 1.807) is 31.3 Å². The van der Waals surface area contributed by atoms with Crippen molar-refractivity contribution in [2.45, 2.75) is 13.5 Å². The Balaban J connectivity index is 1.69. The largest absolute Gasteiger partial charge is 0.480 e. The summed E-state index contributed by atoms with van der Waals surface area (Å²) in [6, 6.07) is 5.17. The van der Waals surface area contributed by atoms with Crippen LogP contribution in [0.4, 0.5) is 11.5 Å². The molecule has 10 nitrogen and oxygen atoms in total. The summed E-state index contributed by atoms with van der Waals surface area (Å²) in [5.74, 6) is -1.17. The van der Waals surface area contributed by atoms with E-state index in [0.717, 1.165) is 0 Å². The average molecular weight is 429 g/mol. The summed E-state index contributed by atoms with van der Waals surface area (Å²) in [7, 11) is 0. The SMILES string of the molecule is Cc1nn(CC(=O)O)cc1-c1ccc(N2CCOc3ncnc(N)c3C2=O)cc1Cl. The highest BCUT2D eigenvalue weighted by Crippen LogP contribution is 2.35. The lowest BCUT2D eigenvalue weighted by Crippen LogP contribution is -2.32. The van der Waals surface area contributed by atoms with Crippen molar-refractivity contribution in [3.8, 4) is 17.0 Å². The van der Waals surface area contributed by atoms with Crippen LogP contribution in [-0.2, 0) is 11.3 Å². The zero-order valence-electron chi connectivity index (χ0n) is 15.9. The van der Waals surface area contributed by atoms with Crippen molar-refractivity contribution >= 4 is 35.0 Å². The maximum absolute atomic E-state index is 13.1. The van der Waals surface area contributed by atoms with Crippen LogP contribution in [-0.4, -0.2) is 49.9 Å². The number of rotatable bonds is 4. The molecular formula is C19H17ClN6O4. The van der Waals surface area contributed by atoms with Gasteiger partial charge in [0, 0.05) is 23.0 Å². The van der Waals surface area contributed by atoms with Crippen LogP contribution in [0.1, 0.15) is 16.1 Å². The lowest BCUT2D eigenvalue weighted by molar-refractivity contribution is -0.137. The minimum absolute atomic E-state index is 0.0427. The van der Waals surface area contributed by atoms with E-state index < -0.39 is 5.97 Å². The smallest absolute Gasteiger partial charge is 0.325 e. The molecule has 1 amide bonds. The molecule has 0 atom stereocenters. The third-order valence-electron chi connectivity index (χ3n) is 4.65. The molecule has 1 aliphatic rings. The molecule has 11 heteroatoms. The van der Waals surface area contributed by atoms with Crippen LogP contribution in [0.5, 0.6) is 5.88 Å². The Hall–Kier alpha value is -3.66. The van der Waals surface area contributed by atoms with Gasteiger partial charge >= 0.3 is 5.97 Å². The number of aromatic nitrogens is 4. The molecule has 3 heterocycles. The summed E-state index contributed by atoms with van der Waals surface area (Å²) < 4.78 is 6.88. The molecule has 2 aromatic heterocycles. The number of ether oxygens (including phenoxy) is 1. The number of halogens is 1. The van der Waals surface area contributed by atoms with Crippen LogP contribution >= 0.6 is 11.6 Å². The van der Waals surface area contributed by atoms with Crippen molar-refractivity contribution in [1.82, 2.24) is 19.7 Å². The third-order valence-corrected chi connectivity index (χ3v) is 4.97. The molecular weight excluding hydrogens is 412 g/mol. The molecule has 3 N–H and O–H groups in total. The Morgan fingerprint density at radius 3 is 2.87 bits per heavy atom. The zero-order chi connectivity index (χ0) is 21.4. The summed E-state index contributed by atoms with van der Waals surface area (Å²) in [4.78, 5) is 33.4. The van der Waals surface area contributed by atoms with Gasteiger partial charge in [0.1, 0.15) is 30.9 Å². The van der Waals surface area contributed by atoms with E-state index in [1.807, 2.05) is 0 Å². The van der Waals surface area contributed by atoms with Crippen molar-refractivity contribution in [3.05, 3.63) is 47.0 Å². The number of nitrogens with two attached hydrogens (primary N) is 1. The van der Waals surface area contributed by atoms with Crippen molar-refractivity contribution in [2.24, 2.45) is 0 Å². The van der Waals surface area contributed by atoms with Crippen molar-refractivity contribution in [3.63, 3.8) is 0 Å². The van der Waals surface area contributed by atoms with Crippen molar-refractivity contribution < 1.29 is 19.4 Å². The molecule has 0 radical (unpaired) electrons.